The Hall–Kier alpha value is -3.09. The van der Waals surface area contributed by atoms with E-state index in [-0.39, 0.29) is 5.76 Å². The number of carbonyl (C=O) groups is 1. The highest BCUT2D eigenvalue weighted by atomic mass is 16.5. The molecule has 0 atom stereocenters. The molecule has 1 N–H and O–H groups in total. The van der Waals surface area contributed by atoms with Gasteiger partial charge in [-0.05, 0) is 37.3 Å². The third-order valence-corrected chi connectivity index (χ3v) is 3.36. The Kier molecular flexibility index (Phi) is 3.84. The van der Waals surface area contributed by atoms with Crippen LogP contribution in [0.5, 0.6) is 5.75 Å². The summed E-state index contributed by atoms with van der Waals surface area (Å²) in [6.45, 7) is 2.33. The molecule has 0 aromatic carbocycles. The molecule has 0 radical (unpaired) electrons. The minimum absolute atomic E-state index is 0.118. The molecule has 0 aliphatic heterocycles. The Labute approximate surface area is 132 Å². The zero-order valence-corrected chi connectivity index (χ0v) is 12.7. The maximum absolute atomic E-state index is 10.8. The molecule has 118 valence electrons. The number of hydrogen-bond acceptors (Lipinski definition) is 5. The lowest BCUT2D eigenvalue weighted by atomic mass is 10.3. The second kappa shape index (κ2) is 5.96. The lowest BCUT2D eigenvalue weighted by Gasteiger charge is -2.04. The van der Waals surface area contributed by atoms with Gasteiger partial charge in [0.15, 0.2) is 5.76 Å². The van der Waals surface area contributed by atoms with Crippen LogP contribution in [0.15, 0.2) is 40.9 Å². The van der Waals surface area contributed by atoms with Crippen molar-refractivity contribution in [3.63, 3.8) is 0 Å². The second-order valence-electron chi connectivity index (χ2n) is 5.04. The summed E-state index contributed by atoms with van der Waals surface area (Å²) < 4.78 is 12.6. The van der Waals surface area contributed by atoms with Crippen LogP contribution in [0.25, 0.3) is 11.5 Å². The van der Waals surface area contributed by atoms with Gasteiger partial charge in [0.25, 0.3) is 0 Å². The number of aromatic nitrogens is 3. The molecule has 3 aromatic rings. The zero-order chi connectivity index (χ0) is 16.4. The van der Waals surface area contributed by atoms with Gasteiger partial charge in [-0.2, -0.15) is 5.10 Å². The highest BCUT2D eigenvalue weighted by Crippen LogP contribution is 2.22. The highest BCUT2D eigenvalue weighted by molar-refractivity contribution is 5.85. The first-order valence-electron chi connectivity index (χ1n) is 6.95. The Balaban J connectivity index is 1.67. The highest BCUT2D eigenvalue weighted by Gasteiger charge is 2.11. The van der Waals surface area contributed by atoms with Gasteiger partial charge in [-0.15, -0.1) is 0 Å². The summed E-state index contributed by atoms with van der Waals surface area (Å²) in [5.41, 5.74) is 2.44. The molecule has 0 unspecified atom stereocenters. The van der Waals surface area contributed by atoms with E-state index in [1.807, 2.05) is 20.0 Å². The van der Waals surface area contributed by atoms with E-state index in [4.69, 9.17) is 14.3 Å². The molecule has 3 aromatic heterocycles. The topological polar surface area (TPSA) is 90.4 Å². The summed E-state index contributed by atoms with van der Waals surface area (Å²) in [5, 5.41) is 13.2. The minimum Gasteiger partial charge on any atom is -0.486 e. The Morgan fingerprint density at radius 1 is 1.35 bits per heavy atom. The lowest BCUT2D eigenvalue weighted by molar-refractivity contribution is 0.0663. The molecule has 7 heteroatoms. The van der Waals surface area contributed by atoms with E-state index >= 15 is 0 Å². The first kappa shape index (κ1) is 14.8. The van der Waals surface area contributed by atoms with Crippen LogP contribution in [0.4, 0.5) is 0 Å². The molecule has 0 saturated carbocycles. The Morgan fingerprint density at radius 3 is 2.74 bits per heavy atom. The van der Waals surface area contributed by atoms with E-state index in [1.54, 1.807) is 29.1 Å². The van der Waals surface area contributed by atoms with Crippen LogP contribution >= 0.6 is 0 Å². The van der Waals surface area contributed by atoms with E-state index < -0.39 is 5.97 Å². The van der Waals surface area contributed by atoms with Gasteiger partial charge in [0.05, 0.1) is 6.20 Å². The summed E-state index contributed by atoms with van der Waals surface area (Å²) >= 11 is 0. The summed E-state index contributed by atoms with van der Waals surface area (Å²) in [4.78, 5) is 15.0. The summed E-state index contributed by atoms with van der Waals surface area (Å²) in [5.74, 6) is -0.231. The van der Waals surface area contributed by atoms with Gasteiger partial charge >= 0.3 is 5.97 Å². The predicted molar refractivity (Wildman–Crippen MR) is 81.2 cm³/mol. The first-order chi connectivity index (χ1) is 11.0. The average molecular weight is 313 g/mol. The van der Waals surface area contributed by atoms with Gasteiger partial charge in [0, 0.05) is 12.7 Å². The van der Waals surface area contributed by atoms with Crippen molar-refractivity contribution in [2.45, 2.75) is 13.5 Å². The van der Waals surface area contributed by atoms with Crippen LogP contribution in [0.1, 0.15) is 21.9 Å². The van der Waals surface area contributed by atoms with E-state index in [1.165, 1.54) is 6.07 Å². The van der Waals surface area contributed by atoms with E-state index in [0.29, 0.717) is 23.8 Å². The molecule has 0 bridgehead atoms. The minimum atomic E-state index is -1.11. The van der Waals surface area contributed by atoms with Gasteiger partial charge in [-0.3, -0.25) is 4.68 Å². The van der Waals surface area contributed by atoms with Crippen molar-refractivity contribution >= 4 is 5.97 Å². The fourth-order valence-corrected chi connectivity index (χ4v) is 2.06. The van der Waals surface area contributed by atoms with Gasteiger partial charge in [-0.1, -0.05) is 0 Å². The van der Waals surface area contributed by atoms with Gasteiger partial charge in [0.1, 0.15) is 23.7 Å². The van der Waals surface area contributed by atoms with Crippen LogP contribution in [0.2, 0.25) is 0 Å². The quantitative estimate of drug-likeness (QED) is 0.778. The molecule has 7 nitrogen and oxygen atoms in total. The normalized spacial score (nSPS) is 10.7. The van der Waals surface area contributed by atoms with Crippen LogP contribution in [0, 0.1) is 6.92 Å². The lowest BCUT2D eigenvalue weighted by Crippen LogP contribution is -1.98. The average Bonchev–Trinajstić information content (AvgIpc) is 3.14. The van der Waals surface area contributed by atoms with Crippen molar-refractivity contribution in [3.05, 3.63) is 53.7 Å². The summed E-state index contributed by atoms with van der Waals surface area (Å²) in [6, 6.07) is 8.39. The van der Waals surface area contributed by atoms with Crippen molar-refractivity contribution in [1.82, 2.24) is 14.8 Å². The molecular formula is C16H15N3O4. The number of aryl methyl sites for hydroxylation is 2. The van der Waals surface area contributed by atoms with Crippen molar-refractivity contribution in [1.29, 1.82) is 0 Å². The smallest absolute Gasteiger partial charge is 0.371 e. The van der Waals surface area contributed by atoms with Crippen molar-refractivity contribution < 1.29 is 19.1 Å². The van der Waals surface area contributed by atoms with E-state index in [2.05, 4.69) is 10.1 Å². The maximum atomic E-state index is 10.8. The number of aromatic carboxylic acids is 1. The van der Waals surface area contributed by atoms with Crippen molar-refractivity contribution in [2.24, 2.45) is 7.05 Å². The zero-order valence-electron chi connectivity index (χ0n) is 12.7. The number of ether oxygens (including phenoxy) is 1. The molecule has 0 fully saturated rings. The molecule has 0 amide bonds. The fourth-order valence-electron chi connectivity index (χ4n) is 2.06. The second-order valence-corrected chi connectivity index (χ2v) is 5.04. The molecule has 0 aliphatic carbocycles. The van der Waals surface area contributed by atoms with Gasteiger partial charge < -0.3 is 14.3 Å². The molecule has 23 heavy (non-hydrogen) atoms. The van der Waals surface area contributed by atoms with E-state index in [0.717, 1.165) is 11.4 Å². The molecule has 3 heterocycles. The van der Waals surface area contributed by atoms with Crippen LogP contribution in [0.3, 0.4) is 0 Å². The predicted octanol–water partition coefficient (Wildman–Crippen LogP) is 2.66. The molecular weight excluding hydrogens is 298 g/mol. The first-order valence-corrected chi connectivity index (χ1v) is 6.95. The molecule has 0 aliphatic rings. The Morgan fingerprint density at radius 2 is 2.17 bits per heavy atom. The number of furan rings is 1. The maximum Gasteiger partial charge on any atom is 0.371 e. The molecule has 3 rings (SSSR count). The SMILES string of the molecule is Cc1cc(COc2ccc(-c3ccc(C(=O)O)o3)nc2)nn1C. The van der Waals surface area contributed by atoms with Crippen molar-refractivity contribution in [3.8, 4) is 17.2 Å². The number of carboxylic acid groups (broad SMARTS) is 1. The number of hydrogen-bond donors (Lipinski definition) is 1. The van der Waals surface area contributed by atoms with Crippen LogP contribution in [-0.4, -0.2) is 25.8 Å². The monoisotopic (exact) mass is 313 g/mol. The fraction of sp³-hybridized carbons (Fsp3) is 0.188. The number of rotatable bonds is 5. The number of nitrogens with zero attached hydrogens (tertiary/aromatic N) is 3. The van der Waals surface area contributed by atoms with E-state index in [9.17, 15) is 4.79 Å². The van der Waals surface area contributed by atoms with Crippen molar-refractivity contribution in [2.75, 3.05) is 0 Å². The summed E-state index contributed by atoms with van der Waals surface area (Å²) in [7, 11) is 1.88. The number of carboxylic acids is 1. The third kappa shape index (κ3) is 3.23. The largest absolute Gasteiger partial charge is 0.486 e. The standard InChI is InChI=1S/C16H15N3O4/c1-10-7-11(18-19(10)2)9-22-12-3-4-13(17-8-12)14-5-6-15(23-14)16(20)21/h3-8H,9H2,1-2H3,(H,20,21). The van der Waals surface area contributed by atoms with Crippen LogP contribution in [-0.2, 0) is 13.7 Å². The Bertz CT molecular complexity index is 814. The van der Waals surface area contributed by atoms with Gasteiger partial charge in [-0.25, -0.2) is 9.78 Å². The summed E-state index contributed by atoms with van der Waals surface area (Å²) in [6.07, 6.45) is 1.56. The molecule has 0 saturated heterocycles. The molecule has 0 spiro atoms. The van der Waals surface area contributed by atoms with Gasteiger partial charge in [0.2, 0.25) is 5.76 Å². The third-order valence-electron chi connectivity index (χ3n) is 3.36. The van der Waals surface area contributed by atoms with Crippen LogP contribution < -0.4 is 4.74 Å². The number of pyridine rings is 1.